The van der Waals surface area contributed by atoms with Crippen molar-refractivity contribution in [1.29, 1.82) is 5.26 Å². The SMILES string of the molecule is COc1cccc(CCCC#N)c1C1[CH-]C(C)(CC[PH+](c2ccc3ccccc3c2)c2ccc3ccccc3c2)CC1.[Pd+][I]. The molecule has 6 rings (SSSR count). The van der Waals surface area contributed by atoms with Gasteiger partial charge < -0.3 is 11.2 Å². The molecule has 0 heterocycles. The molecule has 1 fully saturated rings. The Balaban J connectivity index is 0.00000188. The number of rotatable bonds is 10. The first-order chi connectivity index (χ1) is 21.6. The fourth-order valence-electron chi connectivity index (χ4n) is 6.96. The zero-order chi connectivity index (χ0) is 30.9. The molecular weight excluding hydrogens is 763 g/mol. The van der Waals surface area contributed by atoms with E-state index in [9.17, 15) is 0 Å². The molecule has 0 N–H and O–H groups in total. The van der Waals surface area contributed by atoms with Gasteiger partial charge in [0.15, 0.2) is 0 Å². The van der Waals surface area contributed by atoms with Crippen molar-refractivity contribution in [2.45, 2.75) is 51.4 Å². The van der Waals surface area contributed by atoms with Gasteiger partial charge in [0, 0.05) is 6.42 Å². The molecule has 2 atom stereocenters. The standard InChI is InChI=1S/C39H39NOP.HI.Pd/c1-39(22-21-34(28-39)38-31(12-7-8-24-40)15-9-16-37(38)41-2)23-25-42(35-19-17-29-10-3-5-13-32(29)26-35)36-20-18-30-11-4-6-14-33(30)27-36;;/h3-6,9-11,13-20,26-28,34H,7-8,12,21-23,25H2,1-2H3;1H;/q-1;;+2. The van der Waals surface area contributed by atoms with Gasteiger partial charge in [0.05, 0.1) is 37.9 Å². The van der Waals surface area contributed by atoms with Gasteiger partial charge in [-0.05, 0) is 82.3 Å². The van der Waals surface area contributed by atoms with Crippen LogP contribution in [0.15, 0.2) is 103 Å². The van der Waals surface area contributed by atoms with Gasteiger partial charge in [-0.1, -0.05) is 92.6 Å². The minimum absolute atomic E-state index is 0.180. The number of aryl methyl sites for hydroxylation is 1. The quantitative estimate of drug-likeness (QED) is 0.0463. The van der Waals surface area contributed by atoms with E-state index < -0.39 is 7.92 Å². The molecule has 5 aromatic carbocycles. The fraction of sp³-hybridized carbons (Fsp3) is 0.282. The van der Waals surface area contributed by atoms with E-state index in [0.717, 1.165) is 25.0 Å². The van der Waals surface area contributed by atoms with Crippen molar-refractivity contribution < 1.29 is 20.3 Å². The Labute approximate surface area is 285 Å². The van der Waals surface area contributed by atoms with Gasteiger partial charge in [0.1, 0.15) is 5.75 Å². The first-order valence-corrected chi connectivity index (χ1v) is 21.7. The molecule has 1 aliphatic carbocycles. The van der Waals surface area contributed by atoms with Gasteiger partial charge in [-0.15, -0.1) is 5.92 Å². The third-order valence-corrected chi connectivity index (χ3v) is 12.0. The number of nitrogens with zero attached hydrogens (tertiary/aromatic N) is 1. The van der Waals surface area contributed by atoms with Crippen molar-refractivity contribution >= 4 is 59.6 Å². The summed E-state index contributed by atoms with van der Waals surface area (Å²) in [6, 6.07) is 40.5. The molecule has 0 aromatic heterocycles. The van der Waals surface area contributed by atoms with Crippen molar-refractivity contribution in [2.24, 2.45) is 5.41 Å². The predicted octanol–water partition coefficient (Wildman–Crippen LogP) is 10.1. The second kappa shape index (κ2) is 15.8. The Hall–Kier alpha value is -2.27. The molecule has 0 bridgehead atoms. The summed E-state index contributed by atoms with van der Waals surface area (Å²) in [6.45, 7) is 2.47. The normalized spacial score (nSPS) is 17.8. The van der Waals surface area contributed by atoms with E-state index in [-0.39, 0.29) is 5.41 Å². The molecule has 0 radical (unpaired) electrons. The molecule has 1 saturated carbocycles. The van der Waals surface area contributed by atoms with Gasteiger partial charge in [-0.25, -0.2) is 0 Å². The third-order valence-electron chi connectivity index (χ3n) is 9.25. The summed E-state index contributed by atoms with van der Waals surface area (Å²) in [4.78, 5) is 0. The Morgan fingerprint density at radius 3 is 2.09 bits per heavy atom. The average molecular weight is 803 g/mol. The van der Waals surface area contributed by atoms with Crippen LogP contribution in [-0.4, -0.2) is 13.3 Å². The molecule has 2 unspecified atom stereocenters. The summed E-state index contributed by atoms with van der Waals surface area (Å²) >= 11 is 4.72. The topological polar surface area (TPSA) is 33.0 Å². The van der Waals surface area contributed by atoms with Gasteiger partial charge in [0.25, 0.3) is 0 Å². The van der Waals surface area contributed by atoms with E-state index in [1.807, 2.05) is 19.5 Å². The van der Waals surface area contributed by atoms with Crippen LogP contribution >= 0.6 is 27.4 Å². The maximum atomic E-state index is 9.09. The molecule has 0 aliphatic heterocycles. The van der Waals surface area contributed by atoms with Crippen molar-refractivity contribution in [1.82, 2.24) is 0 Å². The Kier molecular flexibility index (Phi) is 11.9. The number of fused-ring (bicyclic) bond motifs is 2. The van der Waals surface area contributed by atoms with Crippen molar-refractivity contribution in [3.05, 3.63) is 121 Å². The number of nitriles is 1. The van der Waals surface area contributed by atoms with Gasteiger partial charge in [-0.3, -0.25) is 0 Å². The third kappa shape index (κ3) is 7.74. The van der Waals surface area contributed by atoms with Crippen LogP contribution in [-0.2, 0) is 22.0 Å². The van der Waals surface area contributed by atoms with E-state index >= 15 is 0 Å². The van der Waals surface area contributed by atoms with E-state index in [0.29, 0.717) is 12.3 Å². The Bertz CT molecular complexity index is 1670. The van der Waals surface area contributed by atoms with E-state index in [1.165, 1.54) is 62.3 Å². The van der Waals surface area contributed by atoms with E-state index in [4.69, 9.17) is 10.00 Å². The molecule has 2 nitrogen and oxygen atoms in total. The maximum absolute atomic E-state index is 9.09. The number of hydrogen-bond donors (Lipinski definition) is 0. The van der Waals surface area contributed by atoms with Gasteiger partial charge in [-0.2, -0.15) is 10.7 Å². The number of benzene rings is 5. The molecule has 0 amide bonds. The average Bonchev–Trinajstić information content (AvgIpc) is 3.47. The summed E-state index contributed by atoms with van der Waals surface area (Å²) in [5, 5.41) is 17.4. The monoisotopic (exact) mass is 802 g/mol. The van der Waals surface area contributed by atoms with Crippen LogP contribution in [0.5, 0.6) is 5.75 Å². The van der Waals surface area contributed by atoms with E-state index in [1.54, 1.807) is 7.11 Å². The second-order valence-corrected chi connectivity index (χ2v) is 14.7. The summed E-state index contributed by atoms with van der Waals surface area (Å²) in [5.41, 5.74) is 2.86. The Morgan fingerprint density at radius 1 is 0.886 bits per heavy atom. The molecule has 0 saturated heterocycles. The van der Waals surface area contributed by atoms with Crippen LogP contribution in [0, 0.1) is 23.2 Å². The summed E-state index contributed by atoms with van der Waals surface area (Å²) in [5.74, 6) is 1.38. The van der Waals surface area contributed by atoms with Gasteiger partial charge in [0.2, 0.25) is 0 Å². The first-order valence-electron chi connectivity index (χ1n) is 15.4. The molecule has 5 aromatic rings. The fourth-order valence-corrected chi connectivity index (χ4v) is 9.92. The molecule has 5 heteroatoms. The summed E-state index contributed by atoms with van der Waals surface area (Å²) in [6.07, 6.45) is 9.77. The summed E-state index contributed by atoms with van der Waals surface area (Å²) in [7, 11) is 0.788. The number of unbranched alkanes of at least 4 members (excludes halogenated alkanes) is 1. The minimum atomic E-state index is -0.997. The predicted molar refractivity (Wildman–Crippen MR) is 195 cm³/mol. The van der Waals surface area contributed by atoms with Crippen LogP contribution in [0.1, 0.15) is 56.1 Å². The molecular formula is C39H40INOPPd+. The number of methoxy groups -OCH3 is 1. The molecule has 228 valence electrons. The number of halogens is 1. The van der Waals surface area contributed by atoms with Crippen molar-refractivity contribution in [2.75, 3.05) is 13.3 Å². The first kappa shape index (κ1) is 33.1. The van der Waals surface area contributed by atoms with Crippen LogP contribution in [0.25, 0.3) is 21.5 Å². The Morgan fingerprint density at radius 2 is 1.50 bits per heavy atom. The van der Waals surface area contributed by atoms with Crippen molar-refractivity contribution in [3.8, 4) is 11.8 Å². The van der Waals surface area contributed by atoms with Gasteiger partial charge >= 0.3 is 35.1 Å². The van der Waals surface area contributed by atoms with Crippen molar-refractivity contribution in [3.63, 3.8) is 0 Å². The van der Waals surface area contributed by atoms with E-state index in [2.05, 4.69) is 138 Å². The molecule has 44 heavy (non-hydrogen) atoms. The zero-order valence-electron chi connectivity index (χ0n) is 25.5. The zero-order valence-corrected chi connectivity index (χ0v) is 30.2. The van der Waals surface area contributed by atoms with Crippen LogP contribution in [0.3, 0.4) is 0 Å². The molecule has 0 spiro atoms. The second-order valence-electron chi connectivity index (χ2n) is 12.1. The van der Waals surface area contributed by atoms with Crippen LogP contribution in [0.2, 0.25) is 0 Å². The summed E-state index contributed by atoms with van der Waals surface area (Å²) < 4.78 is 5.88. The number of hydrogen-bond acceptors (Lipinski definition) is 2. The van der Waals surface area contributed by atoms with Crippen LogP contribution < -0.4 is 15.3 Å². The number of ether oxygens (including phenoxy) is 1. The van der Waals surface area contributed by atoms with Crippen LogP contribution in [0.4, 0.5) is 0 Å². The molecule has 1 aliphatic rings.